The summed E-state index contributed by atoms with van der Waals surface area (Å²) in [5.74, 6) is 0.730. The quantitative estimate of drug-likeness (QED) is 0.682. The van der Waals surface area contributed by atoms with Crippen LogP contribution in [0, 0.1) is 20.8 Å². The van der Waals surface area contributed by atoms with E-state index in [-0.39, 0.29) is 13.3 Å². The maximum absolute atomic E-state index is 11.6. The van der Waals surface area contributed by atoms with Gasteiger partial charge in [0.2, 0.25) is 0 Å². The van der Waals surface area contributed by atoms with E-state index in [4.69, 9.17) is 4.74 Å². The average Bonchev–Trinajstić information content (AvgIpc) is 3.23. The SMILES string of the molecule is Cc1ccc(OCC[18F])cc1.Cc1cn(C)nn1.Cc1cn(CC[18F])nn1. The minimum absolute atomic E-state index is 0.142. The summed E-state index contributed by atoms with van der Waals surface area (Å²) < 4.78 is 31.4. The van der Waals surface area contributed by atoms with E-state index in [0.29, 0.717) is 6.54 Å². The first-order valence-electron chi connectivity index (χ1n) is 8.45. The molecule has 0 aliphatic rings. The van der Waals surface area contributed by atoms with E-state index in [1.165, 1.54) is 10.2 Å². The molecule has 0 N–H and O–H groups in total. The Labute approximate surface area is 158 Å². The third-order valence-electron chi connectivity index (χ3n) is 3.05. The van der Waals surface area contributed by atoms with Crippen molar-refractivity contribution in [2.24, 2.45) is 7.05 Å². The molecule has 148 valence electrons. The number of benzene rings is 1. The van der Waals surface area contributed by atoms with Crippen molar-refractivity contribution in [2.75, 3.05) is 20.0 Å². The Hall–Kier alpha value is -2.84. The summed E-state index contributed by atoms with van der Waals surface area (Å²) in [4.78, 5) is 0. The van der Waals surface area contributed by atoms with Gasteiger partial charge in [0.15, 0.2) is 0 Å². The minimum atomic E-state index is -0.437. The number of aromatic nitrogens is 6. The highest BCUT2D eigenvalue weighted by molar-refractivity contribution is 5.26. The highest BCUT2D eigenvalue weighted by Gasteiger charge is 1.92. The van der Waals surface area contributed by atoms with Crippen LogP contribution >= 0.6 is 0 Å². The molecule has 0 atom stereocenters. The van der Waals surface area contributed by atoms with Gasteiger partial charge in [-0.3, -0.25) is 4.68 Å². The molecule has 3 rings (SSSR count). The zero-order chi connectivity index (χ0) is 20.1. The van der Waals surface area contributed by atoms with E-state index in [0.717, 1.165) is 17.1 Å². The first kappa shape index (κ1) is 22.2. The normalized spacial score (nSPS) is 9.70. The summed E-state index contributed by atoms with van der Waals surface area (Å²) in [6.45, 7) is 5.36. The Morgan fingerprint density at radius 2 is 1.52 bits per heavy atom. The monoisotopic (exact) mass is 378 g/mol. The van der Waals surface area contributed by atoms with Gasteiger partial charge < -0.3 is 4.74 Å². The second-order valence-corrected chi connectivity index (χ2v) is 5.70. The van der Waals surface area contributed by atoms with E-state index in [2.05, 4.69) is 20.6 Å². The molecule has 0 unspecified atom stereocenters. The van der Waals surface area contributed by atoms with Crippen LogP contribution in [-0.2, 0) is 13.6 Å². The van der Waals surface area contributed by atoms with E-state index in [1.54, 1.807) is 10.9 Å². The Kier molecular flexibility index (Phi) is 10.3. The fraction of sp³-hybridized carbons (Fsp3) is 0.444. The van der Waals surface area contributed by atoms with Gasteiger partial charge in [-0.1, -0.05) is 28.1 Å². The highest BCUT2D eigenvalue weighted by atomic mass is 18.2. The third-order valence-corrected chi connectivity index (χ3v) is 3.05. The van der Waals surface area contributed by atoms with Gasteiger partial charge in [-0.05, 0) is 32.9 Å². The lowest BCUT2D eigenvalue weighted by Crippen LogP contribution is -1.99. The van der Waals surface area contributed by atoms with Crippen LogP contribution < -0.4 is 4.74 Å². The molecule has 0 aliphatic carbocycles. The summed E-state index contributed by atoms with van der Waals surface area (Å²) in [5.41, 5.74) is 2.96. The predicted octanol–water partition coefficient (Wildman–Crippen LogP) is 3.02. The Morgan fingerprint density at radius 3 is 1.93 bits per heavy atom. The molecule has 0 fully saturated rings. The predicted molar refractivity (Wildman–Crippen MR) is 99.1 cm³/mol. The smallest absolute Gasteiger partial charge is 0.123 e. The third kappa shape index (κ3) is 10.0. The van der Waals surface area contributed by atoms with E-state index in [9.17, 15) is 8.78 Å². The fourth-order valence-corrected chi connectivity index (χ4v) is 1.85. The van der Waals surface area contributed by atoms with Crippen LogP contribution in [0.2, 0.25) is 0 Å². The van der Waals surface area contributed by atoms with Crippen molar-refractivity contribution in [1.82, 2.24) is 30.0 Å². The molecule has 0 amide bonds. The lowest BCUT2D eigenvalue weighted by atomic mass is 10.2. The highest BCUT2D eigenvalue weighted by Crippen LogP contribution is 2.10. The second kappa shape index (κ2) is 12.5. The number of nitrogens with zero attached hydrogens (tertiary/aromatic N) is 6. The molecule has 0 saturated carbocycles. The number of hydrogen-bond acceptors (Lipinski definition) is 5. The second-order valence-electron chi connectivity index (χ2n) is 5.70. The van der Waals surface area contributed by atoms with Crippen LogP contribution in [0.3, 0.4) is 0 Å². The zero-order valence-corrected chi connectivity index (χ0v) is 16.1. The molecule has 27 heavy (non-hydrogen) atoms. The Balaban J connectivity index is 0.000000208. The van der Waals surface area contributed by atoms with Crippen molar-refractivity contribution in [3.8, 4) is 5.75 Å². The van der Waals surface area contributed by atoms with Crippen LogP contribution in [0.4, 0.5) is 8.78 Å². The molecule has 2 aromatic heterocycles. The van der Waals surface area contributed by atoms with Crippen molar-refractivity contribution < 1.29 is 13.5 Å². The molecule has 7 nitrogen and oxygen atoms in total. The average molecular weight is 378 g/mol. The van der Waals surface area contributed by atoms with Crippen molar-refractivity contribution in [1.29, 1.82) is 0 Å². The van der Waals surface area contributed by atoms with Crippen LogP contribution in [0.1, 0.15) is 17.0 Å². The molecule has 0 saturated heterocycles. The molecule has 9 heteroatoms. The van der Waals surface area contributed by atoms with Gasteiger partial charge in [-0.15, -0.1) is 10.2 Å². The van der Waals surface area contributed by atoms with Gasteiger partial charge in [0.1, 0.15) is 25.7 Å². The van der Waals surface area contributed by atoms with Crippen LogP contribution in [0.15, 0.2) is 36.7 Å². The standard InChI is InChI=1S/C9H11FO.C5H8FN3.C4H7N3/c1-8-2-4-9(5-3-8)11-7-6-10;1-5-4-9(3-2-6)8-7-5;1-4-3-7(2)6-5-4/h2-5H,6-7H2,1H3;4H,2-3H2,1H3;3H,1-2H3/i10-1;6-1;. The molecule has 0 radical (unpaired) electrons. The summed E-state index contributed by atoms with van der Waals surface area (Å²) in [6, 6.07) is 7.55. The number of alkyl halides is 2. The summed E-state index contributed by atoms with van der Waals surface area (Å²) >= 11 is 0. The maximum Gasteiger partial charge on any atom is 0.123 e. The van der Waals surface area contributed by atoms with E-state index >= 15 is 0 Å². The van der Waals surface area contributed by atoms with Crippen LogP contribution in [0.5, 0.6) is 5.75 Å². The zero-order valence-electron chi connectivity index (χ0n) is 16.1. The summed E-state index contributed by atoms with van der Waals surface area (Å²) in [6.07, 6.45) is 3.57. The summed E-state index contributed by atoms with van der Waals surface area (Å²) in [5, 5.41) is 14.7. The molecule has 0 aliphatic heterocycles. The van der Waals surface area contributed by atoms with E-state index in [1.807, 2.05) is 58.3 Å². The Morgan fingerprint density at radius 1 is 0.889 bits per heavy atom. The summed E-state index contributed by atoms with van der Waals surface area (Å²) in [7, 11) is 1.85. The molecular formula is C18H26F2N6O. The maximum atomic E-state index is 11.6. The molecule has 0 spiro atoms. The minimum Gasteiger partial charge on any atom is -0.491 e. The van der Waals surface area contributed by atoms with Gasteiger partial charge >= 0.3 is 0 Å². The van der Waals surface area contributed by atoms with Gasteiger partial charge in [-0.2, -0.15) is 0 Å². The van der Waals surface area contributed by atoms with Gasteiger partial charge in [0.25, 0.3) is 0 Å². The fourth-order valence-electron chi connectivity index (χ4n) is 1.85. The van der Waals surface area contributed by atoms with Crippen molar-refractivity contribution in [2.45, 2.75) is 27.3 Å². The largest absolute Gasteiger partial charge is 0.491 e. The molecule has 2 heterocycles. The molecular weight excluding hydrogens is 352 g/mol. The lowest BCUT2D eigenvalue weighted by Gasteiger charge is -2.02. The molecule has 3 aromatic rings. The number of rotatable bonds is 5. The number of hydrogen-bond donors (Lipinski definition) is 0. The molecule has 0 bridgehead atoms. The molecule has 1 aromatic carbocycles. The number of aryl methyl sites for hydroxylation is 5. The number of ether oxygens (including phenoxy) is 1. The Bertz CT molecular complexity index is 741. The van der Waals surface area contributed by atoms with Crippen molar-refractivity contribution in [3.05, 3.63) is 53.6 Å². The topological polar surface area (TPSA) is 70.7 Å². The van der Waals surface area contributed by atoms with Crippen molar-refractivity contribution in [3.63, 3.8) is 0 Å². The van der Waals surface area contributed by atoms with Crippen molar-refractivity contribution >= 4 is 0 Å². The van der Waals surface area contributed by atoms with Gasteiger partial charge in [0, 0.05) is 19.4 Å². The van der Waals surface area contributed by atoms with Gasteiger partial charge in [0.05, 0.1) is 17.9 Å². The number of halogens is 2. The first-order valence-corrected chi connectivity index (χ1v) is 8.45. The van der Waals surface area contributed by atoms with Crippen LogP contribution in [-0.4, -0.2) is 49.9 Å². The van der Waals surface area contributed by atoms with Gasteiger partial charge in [-0.25, -0.2) is 13.5 Å². The lowest BCUT2D eigenvalue weighted by molar-refractivity contribution is 0.273. The van der Waals surface area contributed by atoms with Crippen LogP contribution in [0.25, 0.3) is 0 Å². The first-order chi connectivity index (χ1) is 12.9. The van der Waals surface area contributed by atoms with E-state index < -0.39 is 6.67 Å².